The van der Waals surface area contributed by atoms with Crippen molar-refractivity contribution in [3.63, 3.8) is 0 Å². The molecule has 216 valence electrons. The number of benzene rings is 2. The number of rotatable bonds is 15. The minimum Gasteiger partial charge on any atom is -0.492 e. The van der Waals surface area contributed by atoms with Crippen LogP contribution in [0.4, 0.5) is 5.69 Å². The number of nitrogens with zero attached hydrogens (tertiary/aromatic N) is 2. The molecule has 11 heteroatoms. The highest BCUT2D eigenvalue weighted by Crippen LogP contribution is 2.30. The molecule has 8 nitrogen and oxygen atoms in total. The first kappa shape index (κ1) is 32.7. The predicted octanol–water partition coefficient (Wildman–Crippen LogP) is 5.66. The van der Waals surface area contributed by atoms with Gasteiger partial charge in [-0.15, -0.1) is 0 Å². The molecule has 0 saturated heterocycles. The van der Waals surface area contributed by atoms with Crippen molar-refractivity contribution in [1.82, 2.24) is 10.2 Å². The Hall–Kier alpha value is -2.49. The Balaban J connectivity index is 2.29. The molecule has 2 aromatic rings. The minimum absolute atomic E-state index is 0.0389. The predicted molar refractivity (Wildman–Crippen MR) is 158 cm³/mol. The lowest BCUT2D eigenvalue weighted by Crippen LogP contribution is -2.50. The number of nitrogens with one attached hydrogen (secondary N) is 1. The average Bonchev–Trinajstić information content (AvgIpc) is 2.88. The van der Waals surface area contributed by atoms with Crippen LogP contribution < -0.4 is 14.4 Å². The topological polar surface area (TPSA) is 96.0 Å². The Bertz CT molecular complexity index is 1230. The third-order valence-corrected chi connectivity index (χ3v) is 8.23. The second-order valence-corrected chi connectivity index (χ2v) is 12.1. The zero-order valence-corrected chi connectivity index (χ0v) is 25.6. The fourth-order valence-electron chi connectivity index (χ4n) is 4.12. The van der Waals surface area contributed by atoms with E-state index in [0.29, 0.717) is 34.5 Å². The molecule has 1 N–H and O–H groups in total. The number of amides is 2. The van der Waals surface area contributed by atoms with E-state index in [0.717, 1.165) is 18.2 Å². The first-order valence-electron chi connectivity index (χ1n) is 13.2. The second kappa shape index (κ2) is 15.3. The average molecular weight is 601 g/mol. The van der Waals surface area contributed by atoms with Gasteiger partial charge in [0.25, 0.3) is 0 Å². The highest BCUT2D eigenvalue weighted by atomic mass is 35.5. The van der Waals surface area contributed by atoms with Crippen molar-refractivity contribution in [3.8, 4) is 5.75 Å². The van der Waals surface area contributed by atoms with E-state index in [1.165, 1.54) is 9.21 Å². The summed E-state index contributed by atoms with van der Waals surface area (Å²) in [4.78, 5) is 28.3. The van der Waals surface area contributed by atoms with Crippen LogP contribution in [0.2, 0.25) is 10.0 Å². The molecule has 0 spiro atoms. The van der Waals surface area contributed by atoms with Gasteiger partial charge in [0.15, 0.2) is 0 Å². The van der Waals surface area contributed by atoms with Crippen molar-refractivity contribution in [2.24, 2.45) is 0 Å². The molecule has 0 aliphatic rings. The zero-order chi connectivity index (χ0) is 29.2. The Kier molecular flexibility index (Phi) is 12.9. The lowest BCUT2D eigenvalue weighted by molar-refractivity contribution is -0.141. The van der Waals surface area contributed by atoms with Gasteiger partial charge in [-0.3, -0.25) is 13.9 Å². The van der Waals surface area contributed by atoms with Gasteiger partial charge >= 0.3 is 0 Å². The highest BCUT2D eigenvalue weighted by Gasteiger charge is 2.30. The quantitative estimate of drug-likeness (QED) is 0.285. The summed E-state index contributed by atoms with van der Waals surface area (Å²) >= 11 is 12.3. The standard InChI is InChI=1S/C28H39Cl2N3O5S/c1-6-20(4)31-28(35)24(7-2)32(19-21-15-16-22(29)23(30)18-21)27(34)14-11-17-33(39(5,36)37)25-12-9-10-13-26(25)38-8-3/h9-10,12-13,15-16,18,20,24H,6-8,11,14,17,19H2,1-5H3,(H,31,35)/t20-,24+/m1/s1. The smallest absolute Gasteiger partial charge is 0.243 e. The van der Waals surface area contributed by atoms with E-state index in [-0.39, 0.29) is 43.8 Å². The van der Waals surface area contributed by atoms with Gasteiger partial charge in [-0.1, -0.05) is 55.2 Å². The molecule has 0 heterocycles. The number of carbonyl (C=O) groups is 2. The van der Waals surface area contributed by atoms with Gasteiger partial charge in [-0.2, -0.15) is 0 Å². The number of hydrogen-bond donors (Lipinski definition) is 1. The Morgan fingerprint density at radius 1 is 1.03 bits per heavy atom. The molecule has 0 radical (unpaired) electrons. The fraction of sp³-hybridized carbons (Fsp3) is 0.500. The molecular formula is C28H39Cl2N3O5S. The van der Waals surface area contributed by atoms with E-state index in [1.54, 1.807) is 42.5 Å². The lowest BCUT2D eigenvalue weighted by Gasteiger charge is -2.32. The van der Waals surface area contributed by atoms with Crippen molar-refractivity contribution in [2.45, 2.75) is 72.0 Å². The molecule has 39 heavy (non-hydrogen) atoms. The maximum Gasteiger partial charge on any atom is 0.243 e. The lowest BCUT2D eigenvalue weighted by atomic mass is 10.1. The van der Waals surface area contributed by atoms with Gasteiger partial charge in [0, 0.05) is 25.6 Å². The number of anilines is 1. The van der Waals surface area contributed by atoms with Crippen LogP contribution in [0.15, 0.2) is 42.5 Å². The Labute approximate surface area is 242 Å². The third kappa shape index (κ3) is 9.58. The second-order valence-electron chi connectivity index (χ2n) is 9.35. The maximum atomic E-state index is 13.6. The van der Waals surface area contributed by atoms with Gasteiger partial charge < -0.3 is 15.0 Å². The number of ether oxygens (including phenoxy) is 1. The van der Waals surface area contributed by atoms with Crippen LogP contribution >= 0.6 is 23.2 Å². The molecule has 0 aliphatic carbocycles. The van der Waals surface area contributed by atoms with Crippen LogP contribution in [0.25, 0.3) is 0 Å². The van der Waals surface area contributed by atoms with Crippen molar-refractivity contribution >= 4 is 50.7 Å². The first-order valence-corrected chi connectivity index (χ1v) is 15.8. The first-order chi connectivity index (χ1) is 18.4. The summed E-state index contributed by atoms with van der Waals surface area (Å²) in [6, 6.07) is 11.3. The van der Waals surface area contributed by atoms with Crippen LogP contribution in [0.1, 0.15) is 58.9 Å². The molecule has 2 atom stereocenters. The minimum atomic E-state index is -3.65. The van der Waals surface area contributed by atoms with Crippen LogP contribution in [0.5, 0.6) is 5.75 Å². The van der Waals surface area contributed by atoms with E-state index < -0.39 is 16.1 Å². The van der Waals surface area contributed by atoms with Gasteiger partial charge in [-0.05, 0) is 62.9 Å². The van der Waals surface area contributed by atoms with E-state index in [2.05, 4.69) is 5.32 Å². The molecular weight excluding hydrogens is 561 g/mol. The van der Waals surface area contributed by atoms with E-state index in [9.17, 15) is 18.0 Å². The van der Waals surface area contributed by atoms with E-state index in [1.807, 2.05) is 27.7 Å². The molecule has 0 unspecified atom stereocenters. The molecule has 0 aromatic heterocycles. The molecule has 2 rings (SSSR count). The van der Waals surface area contributed by atoms with Crippen LogP contribution in [0.3, 0.4) is 0 Å². The molecule has 0 fully saturated rings. The van der Waals surface area contributed by atoms with Crippen LogP contribution in [-0.2, 0) is 26.2 Å². The van der Waals surface area contributed by atoms with Crippen molar-refractivity contribution in [2.75, 3.05) is 23.7 Å². The van der Waals surface area contributed by atoms with Gasteiger partial charge in [-0.25, -0.2) is 8.42 Å². The van der Waals surface area contributed by atoms with E-state index in [4.69, 9.17) is 27.9 Å². The summed E-state index contributed by atoms with van der Waals surface area (Å²) in [6.45, 7) is 8.18. The van der Waals surface area contributed by atoms with Crippen LogP contribution in [-0.4, -0.2) is 56.6 Å². The van der Waals surface area contributed by atoms with E-state index >= 15 is 0 Å². The normalized spacial score (nSPS) is 12.9. The van der Waals surface area contributed by atoms with Crippen LogP contribution in [0, 0.1) is 0 Å². The summed E-state index contributed by atoms with van der Waals surface area (Å²) in [7, 11) is -3.65. The molecule has 2 aromatic carbocycles. The van der Waals surface area contributed by atoms with Gasteiger partial charge in [0.1, 0.15) is 11.8 Å². The number of sulfonamides is 1. The Morgan fingerprint density at radius 2 is 1.72 bits per heavy atom. The number of halogens is 2. The monoisotopic (exact) mass is 599 g/mol. The maximum absolute atomic E-state index is 13.6. The van der Waals surface area contributed by atoms with Gasteiger partial charge in [0.05, 0.1) is 28.6 Å². The Morgan fingerprint density at radius 3 is 2.31 bits per heavy atom. The fourth-order valence-corrected chi connectivity index (χ4v) is 5.41. The summed E-state index contributed by atoms with van der Waals surface area (Å²) in [6.07, 6.45) is 2.57. The number of hydrogen-bond acceptors (Lipinski definition) is 5. The summed E-state index contributed by atoms with van der Waals surface area (Å²) in [5, 5.41) is 3.73. The number of para-hydroxylation sites is 2. The molecule has 0 saturated carbocycles. The molecule has 0 bridgehead atoms. The third-order valence-electron chi connectivity index (χ3n) is 6.31. The summed E-state index contributed by atoms with van der Waals surface area (Å²) < 4.78 is 32.2. The number of carbonyl (C=O) groups excluding carboxylic acids is 2. The largest absolute Gasteiger partial charge is 0.492 e. The molecule has 0 aliphatic heterocycles. The van der Waals surface area contributed by atoms with Crippen molar-refractivity contribution in [3.05, 3.63) is 58.1 Å². The van der Waals surface area contributed by atoms with Gasteiger partial charge in [0.2, 0.25) is 21.8 Å². The van der Waals surface area contributed by atoms with Crippen molar-refractivity contribution < 1.29 is 22.7 Å². The SMILES string of the molecule is CCOc1ccccc1N(CCCC(=O)N(Cc1ccc(Cl)c(Cl)c1)[C@@H](CC)C(=O)N[C@H](C)CC)S(C)(=O)=O. The summed E-state index contributed by atoms with van der Waals surface area (Å²) in [5.41, 5.74) is 1.15. The zero-order valence-electron chi connectivity index (χ0n) is 23.2. The molecule has 2 amide bonds. The highest BCUT2D eigenvalue weighted by molar-refractivity contribution is 7.92. The summed E-state index contributed by atoms with van der Waals surface area (Å²) in [5.74, 6) is -0.0480. The van der Waals surface area contributed by atoms with Crippen molar-refractivity contribution in [1.29, 1.82) is 0 Å².